The van der Waals surface area contributed by atoms with Crippen molar-refractivity contribution < 1.29 is 4.52 Å². The van der Waals surface area contributed by atoms with Gasteiger partial charge in [-0.15, -0.1) is 11.8 Å². The van der Waals surface area contributed by atoms with Crippen molar-refractivity contribution in [2.24, 2.45) is 0 Å². The van der Waals surface area contributed by atoms with Gasteiger partial charge in [0.1, 0.15) is 0 Å². The molecule has 1 aromatic carbocycles. The molecule has 0 amide bonds. The van der Waals surface area contributed by atoms with Gasteiger partial charge in [0.2, 0.25) is 5.89 Å². The molecule has 0 aliphatic rings. The molecule has 2 N–H and O–H groups in total. The zero-order chi connectivity index (χ0) is 11.5. The summed E-state index contributed by atoms with van der Waals surface area (Å²) in [4.78, 5) is 4.95. The molecule has 0 fully saturated rings. The third kappa shape index (κ3) is 2.48. The molecular weight excluding hydrogens is 246 g/mol. The number of anilines is 1. The van der Waals surface area contributed by atoms with E-state index in [9.17, 15) is 0 Å². The van der Waals surface area contributed by atoms with E-state index >= 15 is 0 Å². The molecule has 0 unspecified atom stereocenters. The highest BCUT2D eigenvalue weighted by atomic mass is 35.5. The largest absolute Gasteiger partial charge is 0.398 e. The van der Waals surface area contributed by atoms with E-state index in [4.69, 9.17) is 21.9 Å². The summed E-state index contributed by atoms with van der Waals surface area (Å²) in [6, 6.07) is 5.44. The first-order chi connectivity index (χ1) is 7.66. The maximum absolute atomic E-state index is 6.03. The standard InChI is InChI=1S/C10H10ClN3OS/c1-6-13-9(15-14-6)5-16-10-7(11)3-2-4-8(10)12/h2-4H,5,12H2,1H3. The SMILES string of the molecule is Cc1noc(CSc2c(N)cccc2Cl)n1. The summed E-state index contributed by atoms with van der Waals surface area (Å²) in [5, 5.41) is 4.35. The number of aryl methyl sites for hydroxylation is 1. The summed E-state index contributed by atoms with van der Waals surface area (Å²) >= 11 is 7.52. The maximum Gasteiger partial charge on any atom is 0.236 e. The van der Waals surface area contributed by atoms with Crippen LogP contribution >= 0.6 is 23.4 Å². The number of benzene rings is 1. The smallest absolute Gasteiger partial charge is 0.236 e. The molecule has 84 valence electrons. The highest BCUT2D eigenvalue weighted by Gasteiger charge is 2.08. The van der Waals surface area contributed by atoms with Crippen molar-refractivity contribution in [1.82, 2.24) is 10.1 Å². The number of aromatic nitrogens is 2. The predicted molar refractivity (Wildman–Crippen MR) is 64.5 cm³/mol. The van der Waals surface area contributed by atoms with Gasteiger partial charge in [-0.3, -0.25) is 0 Å². The number of nitrogen functional groups attached to an aromatic ring is 1. The summed E-state index contributed by atoms with van der Waals surface area (Å²) in [5.41, 5.74) is 6.48. The molecule has 0 saturated carbocycles. The number of rotatable bonds is 3. The maximum atomic E-state index is 6.03. The number of nitrogens with zero attached hydrogens (tertiary/aromatic N) is 2. The van der Waals surface area contributed by atoms with Crippen molar-refractivity contribution in [3.05, 3.63) is 34.9 Å². The third-order valence-corrected chi connectivity index (χ3v) is 3.47. The van der Waals surface area contributed by atoms with E-state index in [0.717, 1.165) is 4.90 Å². The second-order valence-electron chi connectivity index (χ2n) is 3.18. The first-order valence-corrected chi connectivity index (χ1v) is 5.99. The van der Waals surface area contributed by atoms with Crippen LogP contribution in [0.3, 0.4) is 0 Å². The van der Waals surface area contributed by atoms with E-state index in [2.05, 4.69) is 10.1 Å². The van der Waals surface area contributed by atoms with Gasteiger partial charge in [-0.2, -0.15) is 4.98 Å². The Hall–Kier alpha value is -1.20. The molecule has 2 aromatic rings. The number of halogens is 1. The monoisotopic (exact) mass is 255 g/mol. The minimum absolute atomic E-state index is 0.564. The summed E-state index contributed by atoms with van der Waals surface area (Å²) < 4.78 is 5.00. The molecular formula is C10H10ClN3OS. The topological polar surface area (TPSA) is 64.9 Å². The second-order valence-corrected chi connectivity index (χ2v) is 4.57. The van der Waals surface area contributed by atoms with E-state index in [1.54, 1.807) is 13.0 Å². The van der Waals surface area contributed by atoms with Crippen LogP contribution in [0.1, 0.15) is 11.7 Å². The Morgan fingerprint density at radius 3 is 2.94 bits per heavy atom. The Morgan fingerprint density at radius 2 is 2.31 bits per heavy atom. The van der Waals surface area contributed by atoms with Crippen molar-refractivity contribution in [3.8, 4) is 0 Å². The van der Waals surface area contributed by atoms with Gasteiger partial charge < -0.3 is 10.3 Å². The van der Waals surface area contributed by atoms with Crippen LogP contribution in [-0.4, -0.2) is 10.1 Å². The highest BCUT2D eigenvalue weighted by molar-refractivity contribution is 7.98. The molecule has 0 aliphatic carbocycles. The van der Waals surface area contributed by atoms with Crippen LogP contribution in [-0.2, 0) is 5.75 Å². The molecule has 0 aliphatic heterocycles. The Kier molecular flexibility index (Phi) is 3.36. The van der Waals surface area contributed by atoms with Crippen LogP contribution in [0, 0.1) is 6.92 Å². The zero-order valence-electron chi connectivity index (χ0n) is 8.61. The Balaban J connectivity index is 2.10. The Bertz CT molecular complexity index is 480. The summed E-state index contributed by atoms with van der Waals surface area (Å²) in [6.07, 6.45) is 0. The van der Waals surface area contributed by atoms with E-state index < -0.39 is 0 Å². The van der Waals surface area contributed by atoms with Crippen LogP contribution in [0.5, 0.6) is 0 Å². The minimum Gasteiger partial charge on any atom is -0.398 e. The Morgan fingerprint density at radius 1 is 1.50 bits per heavy atom. The van der Waals surface area contributed by atoms with Crippen LogP contribution < -0.4 is 5.73 Å². The summed E-state index contributed by atoms with van der Waals surface area (Å²) in [7, 11) is 0. The van der Waals surface area contributed by atoms with E-state index in [1.165, 1.54) is 11.8 Å². The number of thioether (sulfide) groups is 1. The van der Waals surface area contributed by atoms with E-state index in [-0.39, 0.29) is 0 Å². The summed E-state index contributed by atoms with van der Waals surface area (Å²) in [6.45, 7) is 1.78. The Labute approximate surface area is 102 Å². The van der Waals surface area contributed by atoms with Gasteiger partial charge in [0.15, 0.2) is 5.82 Å². The van der Waals surface area contributed by atoms with Crippen LogP contribution in [0.4, 0.5) is 5.69 Å². The first-order valence-electron chi connectivity index (χ1n) is 4.63. The van der Waals surface area contributed by atoms with Crippen molar-refractivity contribution >= 4 is 29.1 Å². The fraction of sp³-hybridized carbons (Fsp3) is 0.200. The molecule has 0 saturated heterocycles. The lowest BCUT2D eigenvalue weighted by atomic mass is 10.3. The van der Waals surface area contributed by atoms with Gasteiger partial charge in [-0.05, 0) is 19.1 Å². The van der Waals surface area contributed by atoms with E-state index in [0.29, 0.717) is 28.2 Å². The molecule has 1 heterocycles. The van der Waals surface area contributed by atoms with Crippen molar-refractivity contribution in [1.29, 1.82) is 0 Å². The van der Waals surface area contributed by atoms with Gasteiger partial charge in [0, 0.05) is 10.6 Å². The average molecular weight is 256 g/mol. The van der Waals surface area contributed by atoms with Crippen LogP contribution in [0.2, 0.25) is 5.02 Å². The van der Waals surface area contributed by atoms with Crippen LogP contribution in [0.25, 0.3) is 0 Å². The molecule has 0 bridgehead atoms. The van der Waals surface area contributed by atoms with Crippen molar-refractivity contribution in [3.63, 3.8) is 0 Å². The molecule has 0 radical (unpaired) electrons. The average Bonchev–Trinajstić information content (AvgIpc) is 2.63. The summed E-state index contributed by atoms with van der Waals surface area (Å²) in [5.74, 6) is 1.76. The lowest BCUT2D eigenvalue weighted by molar-refractivity contribution is 0.387. The second kappa shape index (κ2) is 4.76. The number of nitrogens with two attached hydrogens (primary N) is 1. The lowest BCUT2D eigenvalue weighted by Crippen LogP contribution is -1.89. The van der Waals surface area contributed by atoms with Gasteiger partial charge in [0.05, 0.1) is 10.8 Å². The molecule has 6 heteroatoms. The molecule has 1 aromatic heterocycles. The first kappa shape index (κ1) is 11.3. The van der Waals surface area contributed by atoms with E-state index in [1.807, 2.05) is 12.1 Å². The fourth-order valence-electron chi connectivity index (χ4n) is 1.21. The number of hydrogen-bond donors (Lipinski definition) is 1. The lowest BCUT2D eigenvalue weighted by Gasteiger charge is -2.05. The molecule has 2 rings (SSSR count). The molecule has 16 heavy (non-hydrogen) atoms. The highest BCUT2D eigenvalue weighted by Crippen LogP contribution is 2.34. The van der Waals surface area contributed by atoms with Gasteiger partial charge >= 0.3 is 0 Å². The van der Waals surface area contributed by atoms with Crippen LogP contribution in [0.15, 0.2) is 27.6 Å². The zero-order valence-corrected chi connectivity index (χ0v) is 10.2. The fourth-order valence-corrected chi connectivity index (χ4v) is 2.38. The van der Waals surface area contributed by atoms with Gasteiger partial charge in [-0.25, -0.2) is 0 Å². The van der Waals surface area contributed by atoms with Crippen molar-refractivity contribution in [2.75, 3.05) is 5.73 Å². The molecule has 0 spiro atoms. The molecule has 4 nitrogen and oxygen atoms in total. The van der Waals surface area contributed by atoms with Crippen molar-refractivity contribution in [2.45, 2.75) is 17.6 Å². The molecule has 0 atom stereocenters. The third-order valence-electron chi connectivity index (χ3n) is 1.91. The quantitative estimate of drug-likeness (QED) is 0.675. The normalized spacial score (nSPS) is 10.6. The predicted octanol–water partition coefficient (Wildman–Crippen LogP) is 2.91. The van der Waals surface area contributed by atoms with Gasteiger partial charge in [-0.1, -0.05) is 22.8 Å². The van der Waals surface area contributed by atoms with Gasteiger partial charge in [0.25, 0.3) is 0 Å². The minimum atomic E-state index is 0.564. The number of hydrogen-bond acceptors (Lipinski definition) is 5.